The number of carboxylic acid groups (broad SMARTS) is 1. The number of hydrogen-bond acceptors (Lipinski definition) is 4. The third-order valence-corrected chi connectivity index (χ3v) is 6.64. The van der Waals surface area contributed by atoms with Gasteiger partial charge in [0, 0.05) is 12.0 Å². The number of nitrogens with one attached hydrogen (secondary N) is 2. The van der Waals surface area contributed by atoms with Crippen molar-refractivity contribution in [3.05, 3.63) is 59.7 Å². The topological polar surface area (TPSA) is 105 Å². The summed E-state index contributed by atoms with van der Waals surface area (Å²) < 4.78 is 5.61. The maximum atomic E-state index is 13.0. The minimum Gasteiger partial charge on any atom is -0.481 e. The van der Waals surface area contributed by atoms with Crippen LogP contribution in [0.15, 0.2) is 48.5 Å². The number of amides is 2. The Hall–Kier alpha value is -3.35. The first-order valence-electron chi connectivity index (χ1n) is 11.9. The number of alkyl carbamates (subject to hydrolysis) is 1. The Labute approximate surface area is 200 Å². The lowest BCUT2D eigenvalue weighted by Gasteiger charge is -2.27. The molecule has 0 bridgehead atoms. The number of ether oxygens (including phenoxy) is 1. The van der Waals surface area contributed by atoms with Gasteiger partial charge in [0.05, 0.1) is 6.42 Å². The quantitative estimate of drug-likeness (QED) is 0.476. The molecule has 0 fully saturated rings. The van der Waals surface area contributed by atoms with E-state index in [9.17, 15) is 14.4 Å². The molecule has 3 N–H and O–H groups in total. The Morgan fingerprint density at radius 1 is 0.941 bits per heavy atom. The third kappa shape index (κ3) is 5.76. The second kappa shape index (κ2) is 11.2. The molecular formula is C27H34N2O5. The number of rotatable bonds is 10. The fraction of sp³-hybridized carbons (Fsp3) is 0.444. The van der Waals surface area contributed by atoms with Crippen LogP contribution in [0.3, 0.4) is 0 Å². The number of hydrogen-bond donors (Lipinski definition) is 3. The smallest absolute Gasteiger partial charge is 0.407 e. The summed E-state index contributed by atoms with van der Waals surface area (Å²) in [7, 11) is 0. The molecule has 0 aliphatic heterocycles. The third-order valence-electron chi connectivity index (χ3n) is 6.64. The first-order chi connectivity index (χ1) is 16.2. The second-order valence-electron chi connectivity index (χ2n) is 9.29. The van der Waals surface area contributed by atoms with Crippen LogP contribution in [-0.2, 0) is 14.3 Å². The number of benzene rings is 2. The SMILES string of the molecule is CCC(C)[C@H](NC(=O)OCC1c2ccccc2-c2ccccc21)C(=O)NC(CC(=O)O)C(C)C. The van der Waals surface area contributed by atoms with E-state index in [4.69, 9.17) is 9.84 Å². The van der Waals surface area contributed by atoms with Crippen LogP contribution in [0.2, 0.25) is 0 Å². The van der Waals surface area contributed by atoms with Crippen LogP contribution in [0, 0.1) is 11.8 Å². The highest BCUT2D eigenvalue weighted by Crippen LogP contribution is 2.44. The predicted molar refractivity (Wildman–Crippen MR) is 130 cm³/mol. The van der Waals surface area contributed by atoms with Crippen LogP contribution in [-0.4, -0.2) is 41.8 Å². The Bertz CT molecular complexity index is 990. The van der Waals surface area contributed by atoms with Gasteiger partial charge >= 0.3 is 12.1 Å². The Kier molecular flexibility index (Phi) is 8.31. The van der Waals surface area contributed by atoms with Gasteiger partial charge in [-0.15, -0.1) is 0 Å². The lowest BCUT2D eigenvalue weighted by molar-refractivity contribution is -0.138. The average Bonchev–Trinajstić information content (AvgIpc) is 3.13. The zero-order valence-electron chi connectivity index (χ0n) is 20.2. The van der Waals surface area contributed by atoms with E-state index in [0.717, 1.165) is 22.3 Å². The summed E-state index contributed by atoms with van der Waals surface area (Å²) in [6.07, 6.45) is -0.184. The molecule has 7 nitrogen and oxygen atoms in total. The normalized spacial score (nSPS) is 15.1. The predicted octanol–water partition coefficient (Wildman–Crippen LogP) is 4.56. The van der Waals surface area contributed by atoms with Crippen LogP contribution >= 0.6 is 0 Å². The molecule has 0 radical (unpaired) electrons. The lowest BCUT2D eigenvalue weighted by atomic mass is 9.96. The minimum atomic E-state index is -0.983. The first-order valence-corrected chi connectivity index (χ1v) is 11.9. The number of carbonyl (C=O) groups excluding carboxylic acids is 2. The van der Waals surface area contributed by atoms with Crippen molar-refractivity contribution in [3.8, 4) is 11.1 Å². The van der Waals surface area contributed by atoms with Crippen LogP contribution in [0.5, 0.6) is 0 Å². The molecule has 2 aromatic rings. The van der Waals surface area contributed by atoms with Crippen molar-refractivity contribution in [3.63, 3.8) is 0 Å². The number of fused-ring (bicyclic) bond motifs is 3. The molecule has 0 aromatic heterocycles. The molecule has 0 heterocycles. The first kappa shape index (κ1) is 25.3. The summed E-state index contributed by atoms with van der Waals surface area (Å²) in [6.45, 7) is 7.66. The fourth-order valence-electron chi connectivity index (χ4n) is 4.38. The molecular weight excluding hydrogens is 432 g/mol. The molecule has 3 atom stereocenters. The number of carboxylic acids is 1. The van der Waals surface area contributed by atoms with E-state index in [-0.39, 0.29) is 30.8 Å². The Balaban J connectivity index is 1.68. The standard InChI is InChI=1S/C27H34N2O5/c1-5-17(4)25(26(32)28-23(16(2)3)14-24(30)31)29-27(33)34-15-22-20-12-8-6-10-18(20)19-11-7-9-13-21(19)22/h6-13,16-17,22-23,25H,5,14-15H2,1-4H3,(H,28,32)(H,29,33)(H,30,31)/t17?,23?,25-/m0/s1. The molecule has 1 aliphatic rings. The maximum Gasteiger partial charge on any atom is 0.407 e. The van der Waals surface area contributed by atoms with E-state index in [0.29, 0.717) is 6.42 Å². The summed E-state index contributed by atoms with van der Waals surface area (Å²) in [4.78, 5) is 36.9. The van der Waals surface area contributed by atoms with Gasteiger partial charge in [0.25, 0.3) is 0 Å². The molecule has 2 unspecified atom stereocenters. The van der Waals surface area contributed by atoms with E-state index < -0.39 is 30.1 Å². The van der Waals surface area contributed by atoms with Crippen molar-refractivity contribution in [2.24, 2.45) is 11.8 Å². The van der Waals surface area contributed by atoms with E-state index in [1.807, 2.05) is 64.1 Å². The number of carbonyl (C=O) groups is 3. The van der Waals surface area contributed by atoms with Gasteiger partial charge in [0.15, 0.2) is 0 Å². The van der Waals surface area contributed by atoms with Crippen LogP contribution < -0.4 is 10.6 Å². The summed E-state index contributed by atoms with van der Waals surface area (Å²) in [5.41, 5.74) is 4.51. The molecule has 7 heteroatoms. The molecule has 2 aromatic carbocycles. The molecule has 2 amide bonds. The molecule has 0 spiro atoms. The molecule has 182 valence electrons. The zero-order chi connectivity index (χ0) is 24.8. The van der Waals surface area contributed by atoms with E-state index in [1.54, 1.807) is 0 Å². The average molecular weight is 467 g/mol. The highest BCUT2D eigenvalue weighted by molar-refractivity contribution is 5.86. The van der Waals surface area contributed by atoms with Crippen molar-refractivity contribution >= 4 is 18.0 Å². The fourth-order valence-corrected chi connectivity index (χ4v) is 4.38. The van der Waals surface area contributed by atoms with Gasteiger partial charge < -0.3 is 20.5 Å². The Morgan fingerprint density at radius 3 is 2.00 bits per heavy atom. The van der Waals surface area contributed by atoms with Gasteiger partial charge in [-0.3, -0.25) is 9.59 Å². The van der Waals surface area contributed by atoms with Crippen LogP contribution in [0.1, 0.15) is 57.6 Å². The van der Waals surface area contributed by atoms with Gasteiger partial charge in [0.2, 0.25) is 5.91 Å². The van der Waals surface area contributed by atoms with Crippen LogP contribution in [0.4, 0.5) is 4.79 Å². The summed E-state index contributed by atoms with van der Waals surface area (Å²) >= 11 is 0. The minimum absolute atomic E-state index is 0.0629. The van der Waals surface area contributed by atoms with Crippen molar-refractivity contribution in [1.82, 2.24) is 10.6 Å². The molecule has 1 aliphatic carbocycles. The summed E-state index contributed by atoms with van der Waals surface area (Å²) in [5.74, 6) is -1.67. The zero-order valence-corrected chi connectivity index (χ0v) is 20.2. The summed E-state index contributed by atoms with van der Waals surface area (Å²) in [6, 6.07) is 14.8. The van der Waals surface area contributed by atoms with Gasteiger partial charge in [-0.25, -0.2) is 4.79 Å². The van der Waals surface area contributed by atoms with Crippen molar-refractivity contribution in [2.75, 3.05) is 6.61 Å². The van der Waals surface area contributed by atoms with Crippen molar-refractivity contribution in [2.45, 2.75) is 58.5 Å². The monoisotopic (exact) mass is 466 g/mol. The van der Waals surface area contributed by atoms with Crippen molar-refractivity contribution < 1.29 is 24.2 Å². The maximum absolute atomic E-state index is 13.0. The van der Waals surface area contributed by atoms with E-state index in [1.165, 1.54) is 0 Å². The number of aliphatic carboxylic acids is 1. The largest absolute Gasteiger partial charge is 0.481 e. The molecule has 0 saturated carbocycles. The van der Waals surface area contributed by atoms with Gasteiger partial charge in [0.1, 0.15) is 12.6 Å². The molecule has 3 rings (SSSR count). The molecule has 0 saturated heterocycles. The van der Waals surface area contributed by atoms with E-state index >= 15 is 0 Å². The summed E-state index contributed by atoms with van der Waals surface area (Å²) in [5, 5.41) is 14.7. The van der Waals surface area contributed by atoms with Gasteiger partial charge in [-0.2, -0.15) is 0 Å². The van der Waals surface area contributed by atoms with Crippen LogP contribution in [0.25, 0.3) is 11.1 Å². The van der Waals surface area contributed by atoms with E-state index in [2.05, 4.69) is 22.8 Å². The second-order valence-corrected chi connectivity index (χ2v) is 9.29. The highest BCUT2D eigenvalue weighted by atomic mass is 16.5. The van der Waals surface area contributed by atoms with Crippen molar-refractivity contribution in [1.29, 1.82) is 0 Å². The van der Waals surface area contributed by atoms with Gasteiger partial charge in [-0.05, 0) is 34.1 Å². The Morgan fingerprint density at radius 2 is 1.50 bits per heavy atom. The highest BCUT2D eigenvalue weighted by Gasteiger charge is 2.32. The van der Waals surface area contributed by atoms with Gasteiger partial charge in [-0.1, -0.05) is 82.6 Å². The molecule has 34 heavy (non-hydrogen) atoms. The lowest BCUT2D eigenvalue weighted by Crippen LogP contribution is -2.54.